The van der Waals surface area contributed by atoms with Gasteiger partial charge in [-0.05, 0) is 24.6 Å². The van der Waals surface area contributed by atoms with E-state index < -0.39 is 29.3 Å². The third-order valence-corrected chi connectivity index (χ3v) is 7.84. The van der Waals surface area contributed by atoms with Gasteiger partial charge in [0.25, 0.3) is 5.91 Å². The molecule has 1 amide bonds. The molecule has 5 heterocycles. The van der Waals surface area contributed by atoms with E-state index in [1.165, 1.54) is 23.0 Å². The van der Waals surface area contributed by atoms with Crippen LogP contribution in [-0.4, -0.2) is 59.2 Å². The molecule has 190 valence electrons. The highest BCUT2D eigenvalue weighted by Gasteiger charge is 2.47. The Morgan fingerprint density at radius 1 is 1.03 bits per heavy atom. The number of benzene rings is 2. The topological polar surface area (TPSA) is 87.5 Å². The number of para-hydroxylation sites is 1. The lowest BCUT2D eigenvalue weighted by Crippen LogP contribution is -2.66. The first-order valence-corrected chi connectivity index (χ1v) is 12.4. The number of pyridine rings is 1. The van der Waals surface area contributed by atoms with Gasteiger partial charge in [-0.15, -0.1) is 0 Å². The highest BCUT2D eigenvalue weighted by molar-refractivity contribution is 5.96. The van der Waals surface area contributed by atoms with E-state index >= 15 is 4.39 Å². The van der Waals surface area contributed by atoms with E-state index in [1.807, 2.05) is 29.3 Å². The Morgan fingerprint density at radius 2 is 1.84 bits per heavy atom. The van der Waals surface area contributed by atoms with Crippen molar-refractivity contribution >= 4 is 11.6 Å². The van der Waals surface area contributed by atoms with E-state index in [4.69, 9.17) is 9.47 Å². The zero-order valence-corrected chi connectivity index (χ0v) is 20.1. The van der Waals surface area contributed by atoms with Crippen LogP contribution >= 0.6 is 0 Å². The maximum absolute atomic E-state index is 15.5. The Balaban J connectivity index is 1.56. The lowest BCUT2D eigenvalue weighted by Gasteiger charge is -2.51. The van der Waals surface area contributed by atoms with Gasteiger partial charge in [-0.2, -0.15) is 0 Å². The molecule has 9 nitrogen and oxygen atoms in total. The summed E-state index contributed by atoms with van der Waals surface area (Å²) in [6.45, 7) is 3.73. The molecule has 10 heteroatoms. The van der Waals surface area contributed by atoms with Gasteiger partial charge in [0.2, 0.25) is 5.43 Å². The standard InChI is InChI=1S/C27H25FN4O5/c1-15-13-37-21-7-3-5-17-23(16-4-2-6-19(28)18(16)12-30(15)24(17)21)32-22-14-36-11-10-29(22)27(35)25-26(34)20(33)8-9-31(25)32/h2-9,15,22-23,34H,10-14H2,1H3/t15?,22-,23+/m1/s1. The van der Waals surface area contributed by atoms with Crippen molar-refractivity contribution in [3.05, 3.63) is 87.1 Å². The molecule has 0 saturated carbocycles. The van der Waals surface area contributed by atoms with Crippen LogP contribution in [0, 0.1) is 5.82 Å². The number of fused-ring (bicyclic) bond motifs is 3. The molecule has 3 aromatic rings. The Kier molecular flexibility index (Phi) is 4.78. The summed E-state index contributed by atoms with van der Waals surface area (Å²) in [5.74, 6) is -0.657. The number of aromatic nitrogens is 1. The molecule has 0 radical (unpaired) electrons. The molecule has 2 aromatic carbocycles. The van der Waals surface area contributed by atoms with Crippen LogP contribution in [0.5, 0.6) is 11.5 Å². The summed E-state index contributed by atoms with van der Waals surface area (Å²) in [5.41, 5.74) is 2.28. The molecule has 1 saturated heterocycles. The van der Waals surface area contributed by atoms with Crippen LogP contribution in [0.4, 0.5) is 10.1 Å². The molecule has 4 aliphatic heterocycles. The average molecular weight is 505 g/mol. The van der Waals surface area contributed by atoms with Gasteiger partial charge in [-0.1, -0.05) is 24.3 Å². The van der Waals surface area contributed by atoms with Crippen molar-refractivity contribution in [1.82, 2.24) is 9.58 Å². The molecule has 1 N–H and O–H groups in total. The fourth-order valence-electron chi connectivity index (χ4n) is 6.09. The summed E-state index contributed by atoms with van der Waals surface area (Å²) in [4.78, 5) is 29.7. The Morgan fingerprint density at radius 3 is 2.70 bits per heavy atom. The summed E-state index contributed by atoms with van der Waals surface area (Å²) in [7, 11) is 0. The summed E-state index contributed by atoms with van der Waals surface area (Å²) in [6.07, 6.45) is 0.943. The molecule has 1 unspecified atom stereocenters. The predicted octanol–water partition coefficient (Wildman–Crippen LogP) is 2.33. The van der Waals surface area contributed by atoms with E-state index in [1.54, 1.807) is 11.0 Å². The number of rotatable bonds is 1. The molecule has 3 atom stereocenters. The largest absolute Gasteiger partial charge is 0.502 e. The molecule has 0 bridgehead atoms. The normalized spacial score (nSPS) is 23.9. The smallest absolute Gasteiger partial charge is 0.278 e. The molecule has 1 fully saturated rings. The summed E-state index contributed by atoms with van der Waals surface area (Å²) in [5, 5.41) is 12.7. The van der Waals surface area contributed by atoms with Crippen molar-refractivity contribution in [3.63, 3.8) is 0 Å². The van der Waals surface area contributed by atoms with Crippen LogP contribution in [0.1, 0.15) is 40.1 Å². The van der Waals surface area contributed by atoms with Gasteiger partial charge < -0.3 is 24.4 Å². The van der Waals surface area contributed by atoms with Crippen LogP contribution in [-0.2, 0) is 11.3 Å². The number of carbonyl (C=O) groups is 1. The number of nitrogens with zero attached hydrogens (tertiary/aromatic N) is 4. The van der Waals surface area contributed by atoms with Gasteiger partial charge in [0.05, 0.1) is 24.9 Å². The number of hydrogen-bond donors (Lipinski definition) is 1. The molecule has 0 aliphatic carbocycles. The van der Waals surface area contributed by atoms with Gasteiger partial charge in [-0.3, -0.25) is 19.3 Å². The monoisotopic (exact) mass is 504 g/mol. The predicted molar refractivity (Wildman–Crippen MR) is 132 cm³/mol. The maximum Gasteiger partial charge on any atom is 0.278 e. The number of amides is 1. The second kappa shape index (κ2) is 7.97. The number of hydrogen-bond acceptors (Lipinski definition) is 7. The maximum atomic E-state index is 15.5. The van der Waals surface area contributed by atoms with E-state index in [0.717, 1.165) is 16.8 Å². The fourth-order valence-corrected chi connectivity index (χ4v) is 6.09. The Bertz CT molecular complexity index is 1510. The number of ether oxygens (including phenoxy) is 2. The first-order chi connectivity index (χ1) is 18.0. The molecule has 1 aromatic heterocycles. The van der Waals surface area contributed by atoms with Gasteiger partial charge >= 0.3 is 0 Å². The minimum absolute atomic E-state index is 0.00399. The third kappa shape index (κ3) is 3.05. The molecular formula is C27H25FN4O5. The summed E-state index contributed by atoms with van der Waals surface area (Å²) < 4.78 is 29.0. The highest BCUT2D eigenvalue weighted by atomic mass is 19.1. The summed E-state index contributed by atoms with van der Waals surface area (Å²) >= 11 is 0. The average Bonchev–Trinajstić information content (AvgIpc) is 3.05. The minimum Gasteiger partial charge on any atom is -0.502 e. The van der Waals surface area contributed by atoms with Crippen LogP contribution < -0.4 is 20.1 Å². The minimum atomic E-state index is -0.635. The third-order valence-electron chi connectivity index (χ3n) is 7.84. The second-order valence-corrected chi connectivity index (χ2v) is 9.85. The number of morpholine rings is 1. The Hall–Kier alpha value is -4.05. The van der Waals surface area contributed by atoms with Crippen LogP contribution in [0.25, 0.3) is 0 Å². The number of halogens is 1. The molecule has 0 spiro atoms. The fraction of sp³-hybridized carbons (Fsp3) is 0.333. The van der Waals surface area contributed by atoms with Crippen LogP contribution in [0.15, 0.2) is 53.5 Å². The van der Waals surface area contributed by atoms with Crippen LogP contribution in [0.2, 0.25) is 0 Å². The van der Waals surface area contributed by atoms with E-state index in [0.29, 0.717) is 37.6 Å². The lowest BCUT2D eigenvalue weighted by molar-refractivity contribution is -0.0197. The Labute approximate surface area is 211 Å². The molecular weight excluding hydrogens is 479 g/mol. The number of anilines is 1. The van der Waals surface area contributed by atoms with Crippen molar-refractivity contribution in [1.29, 1.82) is 0 Å². The van der Waals surface area contributed by atoms with Crippen molar-refractivity contribution in [3.8, 4) is 11.5 Å². The number of aromatic hydroxyl groups is 1. The van der Waals surface area contributed by atoms with Crippen molar-refractivity contribution < 1.29 is 23.8 Å². The molecule has 7 rings (SSSR count). The van der Waals surface area contributed by atoms with E-state index in [2.05, 4.69) is 11.8 Å². The zero-order valence-electron chi connectivity index (χ0n) is 20.1. The van der Waals surface area contributed by atoms with Gasteiger partial charge in [0.15, 0.2) is 11.4 Å². The quantitative estimate of drug-likeness (QED) is 0.544. The van der Waals surface area contributed by atoms with Crippen molar-refractivity contribution in [2.75, 3.05) is 36.3 Å². The SMILES string of the molecule is CC1COc2cccc3c2N1Cc1c(F)cccc1[C@@H]3N1[C@@H]2COCCN2C(=O)c2c(O)c(=O)ccn21. The highest BCUT2D eigenvalue weighted by Crippen LogP contribution is 2.48. The first-order valence-electron chi connectivity index (χ1n) is 12.4. The second-order valence-electron chi connectivity index (χ2n) is 9.85. The number of carbonyl (C=O) groups excluding carboxylic acids is 1. The van der Waals surface area contributed by atoms with Crippen LogP contribution in [0.3, 0.4) is 0 Å². The van der Waals surface area contributed by atoms with Gasteiger partial charge in [-0.25, -0.2) is 4.39 Å². The zero-order chi connectivity index (χ0) is 25.4. The van der Waals surface area contributed by atoms with Gasteiger partial charge in [0.1, 0.15) is 30.4 Å². The first kappa shape index (κ1) is 22.2. The lowest BCUT2D eigenvalue weighted by atomic mass is 9.92. The van der Waals surface area contributed by atoms with E-state index in [-0.39, 0.29) is 24.2 Å². The van der Waals surface area contributed by atoms with Crippen molar-refractivity contribution in [2.24, 2.45) is 0 Å². The molecule has 37 heavy (non-hydrogen) atoms. The van der Waals surface area contributed by atoms with E-state index in [9.17, 15) is 14.7 Å². The summed E-state index contributed by atoms with van der Waals surface area (Å²) in [6, 6.07) is 11.5. The van der Waals surface area contributed by atoms with Crippen molar-refractivity contribution in [2.45, 2.75) is 31.7 Å². The molecule has 4 aliphatic rings. The van der Waals surface area contributed by atoms with Gasteiger partial charge in [0, 0.05) is 36.5 Å².